The maximum Gasteiger partial charge on any atom is 0.250 e. The number of benzene rings is 1. The zero-order valence-corrected chi connectivity index (χ0v) is 18.9. The number of rotatable bonds is 8. The van der Waals surface area contributed by atoms with Gasteiger partial charge in [0.25, 0.3) is 5.91 Å². The maximum absolute atomic E-state index is 13.5. The molecule has 1 saturated carbocycles. The molecule has 0 spiro atoms. The molecule has 3 aromatic rings. The van der Waals surface area contributed by atoms with Gasteiger partial charge in [0.2, 0.25) is 5.91 Å². The van der Waals surface area contributed by atoms with Crippen LogP contribution in [0.5, 0.6) is 0 Å². The van der Waals surface area contributed by atoms with E-state index in [0.717, 1.165) is 36.1 Å². The van der Waals surface area contributed by atoms with Crippen LogP contribution in [0.1, 0.15) is 53.7 Å². The van der Waals surface area contributed by atoms with Crippen LogP contribution in [-0.2, 0) is 22.6 Å². The molecule has 0 radical (unpaired) electrons. The van der Waals surface area contributed by atoms with Gasteiger partial charge in [-0.05, 0) is 61.0 Å². The standard InChI is InChI=1S/C25H27FN2O3S/c1-17-8-13-22(31-17)24(25(30)27-20-5-2-3-6-20)28(16-18-9-11-19(26)12-10-18)23(29)15-21-7-4-14-32-21/h4,7-14,20,24H,2-3,5-6,15-16H2,1H3,(H,27,30). The van der Waals surface area contributed by atoms with E-state index in [9.17, 15) is 14.0 Å². The van der Waals surface area contributed by atoms with Crippen molar-refractivity contribution >= 4 is 23.2 Å². The van der Waals surface area contributed by atoms with Gasteiger partial charge in [-0.25, -0.2) is 4.39 Å². The van der Waals surface area contributed by atoms with Gasteiger partial charge < -0.3 is 14.6 Å². The lowest BCUT2D eigenvalue weighted by molar-refractivity contribution is -0.142. The third kappa shape index (κ3) is 5.46. The summed E-state index contributed by atoms with van der Waals surface area (Å²) in [5, 5.41) is 5.05. The lowest BCUT2D eigenvalue weighted by Crippen LogP contribution is -2.46. The summed E-state index contributed by atoms with van der Waals surface area (Å²) in [5.41, 5.74) is 0.743. The first-order chi connectivity index (χ1) is 15.5. The number of hydrogen-bond acceptors (Lipinski definition) is 4. The van der Waals surface area contributed by atoms with E-state index in [1.807, 2.05) is 24.4 Å². The van der Waals surface area contributed by atoms with E-state index in [0.29, 0.717) is 11.5 Å². The molecule has 32 heavy (non-hydrogen) atoms. The van der Waals surface area contributed by atoms with Crippen molar-refractivity contribution in [3.8, 4) is 0 Å². The molecule has 1 aromatic carbocycles. The third-order valence-electron chi connectivity index (χ3n) is 5.78. The maximum atomic E-state index is 13.5. The highest BCUT2D eigenvalue weighted by molar-refractivity contribution is 7.10. The fourth-order valence-electron chi connectivity index (χ4n) is 4.15. The van der Waals surface area contributed by atoms with Gasteiger partial charge in [0.15, 0.2) is 6.04 Å². The molecule has 1 aliphatic rings. The summed E-state index contributed by atoms with van der Waals surface area (Å²) < 4.78 is 19.3. The van der Waals surface area contributed by atoms with Crippen LogP contribution in [-0.4, -0.2) is 22.8 Å². The summed E-state index contributed by atoms with van der Waals surface area (Å²) in [6, 6.07) is 12.6. The summed E-state index contributed by atoms with van der Waals surface area (Å²) >= 11 is 1.50. The minimum absolute atomic E-state index is 0.112. The fourth-order valence-corrected chi connectivity index (χ4v) is 4.84. The van der Waals surface area contributed by atoms with Crippen LogP contribution in [0.3, 0.4) is 0 Å². The van der Waals surface area contributed by atoms with Crippen molar-refractivity contribution in [2.45, 2.75) is 57.7 Å². The summed E-state index contributed by atoms with van der Waals surface area (Å²) in [6.07, 6.45) is 4.25. The van der Waals surface area contributed by atoms with E-state index in [1.165, 1.54) is 23.5 Å². The molecule has 7 heteroatoms. The van der Waals surface area contributed by atoms with Crippen LogP contribution in [0.25, 0.3) is 0 Å². The average Bonchev–Trinajstić information content (AvgIpc) is 3.53. The Morgan fingerprint density at radius 3 is 2.53 bits per heavy atom. The second-order valence-electron chi connectivity index (χ2n) is 8.25. The Kier molecular flexibility index (Phi) is 7.05. The van der Waals surface area contributed by atoms with Crippen molar-refractivity contribution in [2.24, 2.45) is 0 Å². The Labute approximate surface area is 191 Å². The van der Waals surface area contributed by atoms with Gasteiger partial charge in [-0.3, -0.25) is 9.59 Å². The summed E-state index contributed by atoms with van der Waals surface area (Å²) in [4.78, 5) is 29.4. The number of amides is 2. The van der Waals surface area contributed by atoms with E-state index in [-0.39, 0.29) is 36.6 Å². The van der Waals surface area contributed by atoms with E-state index < -0.39 is 6.04 Å². The number of hydrogen-bond donors (Lipinski definition) is 1. The Hall–Kier alpha value is -2.93. The van der Waals surface area contributed by atoms with Crippen molar-refractivity contribution in [3.63, 3.8) is 0 Å². The second-order valence-corrected chi connectivity index (χ2v) is 9.28. The lowest BCUT2D eigenvalue weighted by Gasteiger charge is -2.31. The normalized spacial score (nSPS) is 14.9. The van der Waals surface area contributed by atoms with E-state index >= 15 is 0 Å². The average molecular weight is 455 g/mol. The second kappa shape index (κ2) is 10.1. The van der Waals surface area contributed by atoms with Gasteiger partial charge in [-0.15, -0.1) is 11.3 Å². The van der Waals surface area contributed by atoms with Crippen LogP contribution in [0.4, 0.5) is 4.39 Å². The zero-order valence-electron chi connectivity index (χ0n) is 18.1. The molecule has 2 heterocycles. The summed E-state index contributed by atoms with van der Waals surface area (Å²) in [6.45, 7) is 1.99. The number of carbonyl (C=O) groups excluding carboxylic acids is 2. The molecule has 5 nitrogen and oxygen atoms in total. The van der Waals surface area contributed by atoms with Crippen molar-refractivity contribution in [3.05, 3.63) is 81.7 Å². The molecule has 1 fully saturated rings. The highest BCUT2D eigenvalue weighted by Crippen LogP contribution is 2.28. The molecular weight excluding hydrogens is 427 g/mol. The summed E-state index contributed by atoms with van der Waals surface area (Å²) in [5.74, 6) is 0.332. The van der Waals surface area contributed by atoms with Crippen LogP contribution >= 0.6 is 11.3 Å². The van der Waals surface area contributed by atoms with E-state index in [4.69, 9.17) is 4.42 Å². The highest BCUT2D eigenvalue weighted by atomic mass is 32.1. The molecule has 168 valence electrons. The Morgan fingerprint density at radius 2 is 1.91 bits per heavy atom. The van der Waals surface area contributed by atoms with Gasteiger partial charge >= 0.3 is 0 Å². The first-order valence-electron chi connectivity index (χ1n) is 10.9. The van der Waals surface area contributed by atoms with Crippen LogP contribution in [0, 0.1) is 12.7 Å². The predicted molar refractivity (Wildman–Crippen MR) is 122 cm³/mol. The number of aryl methyl sites for hydroxylation is 1. The molecule has 2 amide bonds. The molecule has 1 N–H and O–H groups in total. The molecule has 0 saturated heterocycles. The van der Waals surface area contributed by atoms with E-state index in [1.54, 1.807) is 29.2 Å². The van der Waals surface area contributed by atoms with E-state index in [2.05, 4.69) is 5.32 Å². The van der Waals surface area contributed by atoms with Gasteiger partial charge in [0.05, 0.1) is 6.42 Å². The van der Waals surface area contributed by atoms with Gasteiger partial charge in [0.1, 0.15) is 17.3 Å². The molecule has 0 bridgehead atoms. The van der Waals surface area contributed by atoms with Gasteiger partial charge in [-0.1, -0.05) is 31.0 Å². The lowest BCUT2D eigenvalue weighted by atomic mass is 10.1. The largest absolute Gasteiger partial charge is 0.464 e. The van der Waals surface area contributed by atoms with Gasteiger partial charge in [-0.2, -0.15) is 0 Å². The molecule has 1 unspecified atom stereocenters. The fraction of sp³-hybridized carbons (Fsp3) is 0.360. The number of furan rings is 1. The van der Waals surface area contributed by atoms with Crippen molar-refractivity contribution in [1.29, 1.82) is 0 Å². The minimum Gasteiger partial charge on any atom is -0.464 e. The van der Waals surface area contributed by atoms with Crippen LogP contribution in [0.2, 0.25) is 0 Å². The van der Waals surface area contributed by atoms with Crippen molar-refractivity contribution < 1.29 is 18.4 Å². The summed E-state index contributed by atoms with van der Waals surface area (Å²) in [7, 11) is 0. The Bertz CT molecular complexity index is 1040. The monoisotopic (exact) mass is 454 g/mol. The number of halogens is 1. The number of carbonyl (C=O) groups is 2. The smallest absolute Gasteiger partial charge is 0.250 e. The minimum atomic E-state index is -0.901. The van der Waals surface area contributed by atoms with Gasteiger partial charge in [0, 0.05) is 17.5 Å². The Morgan fingerprint density at radius 1 is 1.16 bits per heavy atom. The highest BCUT2D eigenvalue weighted by Gasteiger charge is 2.35. The van der Waals surface area contributed by atoms with Crippen LogP contribution < -0.4 is 5.32 Å². The number of nitrogens with one attached hydrogen (secondary N) is 1. The number of nitrogens with zero attached hydrogens (tertiary/aromatic N) is 1. The zero-order chi connectivity index (χ0) is 22.5. The first-order valence-corrected chi connectivity index (χ1v) is 11.8. The topological polar surface area (TPSA) is 62.6 Å². The SMILES string of the molecule is Cc1ccc(C(C(=O)NC2CCCC2)N(Cc2ccc(F)cc2)C(=O)Cc2cccs2)o1. The molecule has 1 atom stereocenters. The Balaban J connectivity index is 1.67. The number of thiophene rings is 1. The molecule has 2 aromatic heterocycles. The molecule has 0 aliphatic heterocycles. The van der Waals surface area contributed by atoms with Crippen molar-refractivity contribution in [2.75, 3.05) is 0 Å². The first kappa shape index (κ1) is 22.3. The van der Waals surface area contributed by atoms with Crippen LogP contribution in [0.15, 0.2) is 58.3 Å². The quantitative estimate of drug-likeness (QED) is 0.511. The molecular formula is C25H27FN2O3S. The van der Waals surface area contributed by atoms with Crippen molar-refractivity contribution in [1.82, 2.24) is 10.2 Å². The third-order valence-corrected chi connectivity index (χ3v) is 6.66. The molecule has 1 aliphatic carbocycles. The molecule has 4 rings (SSSR count). The predicted octanol–water partition coefficient (Wildman–Crippen LogP) is 5.16.